The molecule has 10 nitrogen and oxygen atoms in total. The monoisotopic (exact) mass is 304 g/mol. The van der Waals surface area contributed by atoms with Gasteiger partial charge in [0.05, 0.1) is 21.5 Å². The molecule has 0 atom stereocenters. The molecule has 0 amide bonds. The van der Waals surface area contributed by atoms with Gasteiger partial charge in [0.2, 0.25) is 0 Å². The van der Waals surface area contributed by atoms with Crippen LogP contribution in [0.2, 0.25) is 0 Å². The number of hydrogen-bond acceptors (Lipinski definition) is 8. The maximum absolute atomic E-state index is 11.7. The fraction of sp³-hybridized carbons (Fsp3) is 0.250. The van der Waals surface area contributed by atoms with Gasteiger partial charge in [-0.25, -0.2) is 4.79 Å². The number of rotatable bonds is 5. The number of nitrogens with zero attached hydrogens (tertiary/aromatic N) is 6. The summed E-state index contributed by atoms with van der Waals surface area (Å²) in [5.41, 5.74) is 1.75. The van der Waals surface area contributed by atoms with Gasteiger partial charge in [-0.15, -0.1) is 0 Å². The molecule has 1 aromatic heterocycles. The maximum Gasteiger partial charge on any atom is 0.514 e. The van der Waals surface area contributed by atoms with E-state index in [4.69, 9.17) is 4.84 Å². The smallest absolute Gasteiger partial charge is 0.390 e. The predicted octanol–water partition coefficient (Wildman–Crippen LogP) is 1.12. The van der Waals surface area contributed by atoms with E-state index in [-0.39, 0.29) is 6.54 Å². The van der Waals surface area contributed by atoms with Crippen molar-refractivity contribution in [1.29, 1.82) is 0 Å². The molecule has 0 saturated carbocycles. The molecular weight excluding hydrogens is 292 g/mol. The number of tetrazole rings is 1. The molecule has 0 radical (unpaired) electrons. The van der Waals surface area contributed by atoms with Gasteiger partial charge in [-0.1, -0.05) is 27.6 Å². The van der Waals surface area contributed by atoms with Crippen LogP contribution in [0, 0.1) is 17.0 Å². The van der Waals surface area contributed by atoms with E-state index in [1.165, 1.54) is 0 Å². The highest BCUT2D eigenvalue weighted by Gasteiger charge is 2.16. The Morgan fingerprint density at radius 1 is 1.41 bits per heavy atom. The average Bonchev–Trinajstić information content (AvgIpc) is 2.94. The van der Waals surface area contributed by atoms with Crippen molar-refractivity contribution in [2.75, 3.05) is 0 Å². The minimum Gasteiger partial charge on any atom is -0.390 e. The number of aromatic nitrogens is 4. The lowest BCUT2D eigenvalue weighted by molar-refractivity contribution is -0.394. The van der Waals surface area contributed by atoms with Crippen LogP contribution in [0.3, 0.4) is 0 Å². The summed E-state index contributed by atoms with van der Waals surface area (Å²) < 4.78 is 0. The lowest BCUT2D eigenvalue weighted by Gasteiger charge is -2.00. The topological polar surface area (TPSA) is 125 Å². The third-order valence-electron chi connectivity index (χ3n) is 2.55. The number of carbonyl (C=O) groups is 1. The van der Waals surface area contributed by atoms with Gasteiger partial charge in [0, 0.05) is 5.21 Å². The predicted molar refractivity (Wildman–Crippen MR) is 74.2 cm³/mol. The summed E-state index contributed by atoms with van der Waals surface area (Å²) in [6.45, 7) is 3.49. The molecular formula is C12H12N6O4. The SMILES string of the molecule is CC(Cn1nnc([N+](=O)[O-])n1)=NOC(=O)c1ccc(C)cc1. The van der Waals surface area contributed by atoms with E-state index in [1.54, 1.807) is 31.2 Å². The Labute approximate surface area is 124 Å². The molecule has 0 fully saturated rings. The van der Waals surface area contributed by atoms with Gasteiger partial charge in [0.15, 0.2) is 0 Å². The Balaban J connectivity index is 1.95. The number of nitro groups is 1. The van der Waals surface area contributed by atoms with Crippen LogP contribution in [0.1, 0.15) is 22.8 Å². The van der Waals surface area contributed by atoms with Crippen LogP contribution in [0.4, 0.5) is 5.95 Å². The number of benzene rings is 1. The van der Waals surface area contributed by atoms with Gasteiger partial charge < -0.3 is 15.0 Å². The summed E-state index contributed by atoms with van der Waals surface area (Å²) in [6.07, 6.45) is 0. The molecule has 1 heterocycles. The number of hydrogen-bond donors (Lipinski definition) is 0. The van der Waals surface area contributed by atoms with Crippen molar-refractivity contribution in [3.05, 3.63) is 45.5 Å². The Bertz CT molecular complexity index is 721. The zero-order valence-electron chi connectivity index (χ0n) is 11.8. The largest absolute Gasteiger partial charge is 0.514 e. The Kier molecular flexibility index (Phi) is 4.51. The van der Waals surface area contributed by atoms with Crippen LogP contribution in [-0.2, 0) is 11.4 Å². The van der Waals surface area contributed by atoms with Crippen LogP contribution >= 0.6 is 0 Å². The van der Waals surface area contributed by atoms with E-state index in [0.717, 1.165) is 10.4 Å². The van der Waals surface area contributed by atoms with Crippen LogP contribution in [0.25, 0.3) is 0 Å². The van der Waals surface area contributed by atoms with Crippen molar-refractivity contribution in [3.63, 3.8) is 0 Å². The summed E-state index contributed by atoms with van der Waals surface area (Å²) in [4.78, 5) is 27.2. The number of carbonyl (C=O) groups excluding carboxylic acids is 1. The van der Waals surface area contributed by atoms with Crippen LogP contribution in [0.15, 0.2) is 29.4 Å². The highest BCUT2D eigenvalue weighted by Crippen LogP contribution is 2.05. The Morgan fingerprint density at radius 2 is 2.09 bits per heavy atom. The summed E-state index contributed by atoms with van der Waals surface area (Å²) in [5, 5.41) is 24.3. The van der Waals surface area contributed by atoms with E-state index in [0.29, 0.717) is 11.3 Å². The first kappa shape index (κ1) is 15.2. The van der Waals surface area contributed by atoms with Gasteiger partial charge in [-0.3, -0.25) is 0 Å². The molecule has 2 aromatic rings. The lowest BCUT2D eigenvalue weighted by atomic mass is 10.2. The average molecular weight is 304 g/mol. The van der Waals surface area contributed by atoms with E-state index < -0.39 is 16.8 Å². The second-order valence-electron chi connectivity index (χ2n) is 4.45. The summed E-state index contributed by atoms with van der Waals surface area (Å²) in [7, 11) is 0. The Hall–Kier alpha value is -3.17. The molecule has 0 bridgehead atoms. The van der Waals surface area contributed by atoms with E-state index in [1.807, 2.05) is 6.92 Å². The molecule has 10 heteroatoms. The second kappa shape index (κ2) is 6.52. The molecule has 2 rings (SSSR count). The second-order valence-corrected chi connectivity index (χ2v) is 4.45. The van der Waals surface area contributed by atoms with E-state index in [2.05, 4.69) is 20.6 Å². The molecule has 0 unspecified atom stereocenters. The minimum absolute atomic E-state index is 0.0159. The quantitative estimate of drug-likeness (QED) is 0.350. The molecule has 0 saturated heterocycles. The van der Waals surface area contributed by atoms with Gasteiger partial charge in [0.1, 0.15) is 6.54 Å². The molecule has 1 aromatic carbocycles. The molecule has 0 spiro atoms. The van der Waals surface area contributed by atoms with Crippen molar-refractivity contribution in [3.8, 4) is 0 Å². The highest BCUT2D eigenvalue weighted by molar-refractivity contribution is 5.90. The number of aryl methyl sites for hydroxylation is 1. The lowest BCUT2D eigenvalue weighted by Crippen LogP contribution is -2.12. The van der Waals surface area contributed by atoms with E-state index in [9.17, 15) is 14.9 Å². The molecule has 22 heavy (non-hydrogen) atoms. The third-order valence-corrected chi connectivity index (χ3v) is 2.55. The first-order chi connectivity index (χ1) is 10.5. The Morgan fingerprint density at radius 3 is 2.68 bits per heavy atom. The van der Waals surface area contributed by atoms with Crippen LogP contribution in [0.5, 0.6) is 0 Å². The molecule has 0 aliphatic heterocycles. The molecule has 0 aliphatic rings. The zero-order chi connectivity index (χ0) is 16.1. The van der Waals surface area contributed by atoms with Crippen molar-refractivity contribution in [2.24, 2.45) is 5.16 Å². The summed E-state index contributed by atoms with van der Waals surface area (Å²) in [6, 6.07) is 6.83. The van der Waals surface area contributed by atoms with Gasteiger partial charge in [-0.05, 0) is 30.9 Å². The van der Waals surface area contributed by atoms with Crippen molar-refractivity contribution in [1.82, 2.24) is 20.2 Å². The fourth-order valence-electron chi connectivity index (χ4n) is 1.47. The van der Waals surface area contributed by atoms with Crippen molar-refractivity contribution in [2.45, 2.75) is 20.4 Å². The van der Waals surface area contributed by atoms with Crippen LogP contribution < -0.4 is 0 Å². The molecule has 0 N–H and O–H groups in total. The molecule has 0 aliphatic carbocycles. The molecule has 114 valence electrons. The fourth-order valence-corrected chi connectivity index (χ4v) is 1.47. The van der Waals surface area contributed by atoms with Crippen molar-refractivity contribution >= 4 is 17.6 Å². The third kappa shape index (κ3) is 3.91. The first-order valence-corrected chi connectivity index (χ1v) is 6.19. The summed E-state index contributed by atoms with van der Waals surface area (Å²) in [5.74, 6) is -1.21. The number of oxime groups is 1. The highest BCUT2D eigenvalue weighted by atomic mass is 16.7. The van der Waals surface area contributed by atoms with Gasteiger partial charge in [0.25, 0.3) is 0 Å². The standard InChI is InChI=1S/C12H12N6O4/c1-8-3-5-10(6-4-8)11(19)22-15-9(2)7-17-14-12(13-16-17)18(20)21/h3-6H,7H2,1-2H3. The van der Waals surface area contributed by atoms with Crippen LogP contribution in [-0.4, -0.2) is 36.8 Å². The zero-order valence-corrected chi connectivity index (χ0v) is 11.8. The maximum atomic E-state index is 11.7. The van der Waals surface area contributed by atoms with Gasteiger partial charge >= 0.3 is 11.9 Å². The van der Waals surface area contributed by atoms with E-state index >= 15 is 0 Å². The van der Waals surface area contributed by atoms with Crippen molar-refractivity contribution < 1.29 is 14.6 Å². The van der Waals surface area contributed by atoms with Gasteiger partial charge in [-0.2, -0.15) is 0 Å². The first-order valence-electron chi connectivity index (χ1n) is 6.19. The summed E-state index contributed by atoms with van der Waals surface area (Å²) >= 11 is 0. The normalized spacial score (nSPS) is 11.3. The minimum atomic E-state index is -0.757.